The van der Waals surface area contributed by atoms with Gasteiger partial charge in [-0.2, -0.15) is 11.8 Å². The summed E-state index contributed by atoms with van der Waals surface area (Å²) in [4.78, 5) is 11.2. The Kier molecular flexibility index (Phi) is 6.37. The first-order valence-corrected chi connectivity index (χ1v) is 9.05. The lowest BCUT2D eigenvalue weighted by Crippen LogP contribution is -2.34. The third-order valence-corrected chi connectivity index (χ3v) is 5.54. The van der Waals surface area contributed by atoms with Gasteiger partial charge in [0, 0.05) is 0 Å². The molecule has 0 fully saturated rings. The molecule has 106 valence electrons. The second-order valence-corrected chi connectivity index (χ2v) is 7.52. The lowest BCUT2D eigenvalue weighted by atomic mass is 10.1. The molecular formula is C13H18O4S2. The van der Waals surface area contributed by atoms with Gasteiger partial charge in [0.2, 0.25) is 0 Å². The number of carboxylic acid groups (broad SMARTS) is 1. The number of sulfone groups is 1. The maximum Gasteiger partial charge on any atom is 0.322 e. The number of hydrogen-bond donors (Lipinski definition) is 1. The van der Waals surface area contributed by atoms with Crippen LogP contribution in [0.25, 0.3) is 0 Å². The van der Waals surface area contributed by atoms with Crippen molar-refractivity contribution >= 4 is 27.6 Å². The normalized spacial score (nSPS) is 13.1. The number of hydrogen-bond acceptors (Lipinski definition) is 4. The zero-order valence-electron chi connectivity index (χ0n) is 10.8. The van der Waals surface area contributed by atoms with Crippen LogP contribution in [0.2, 0.25) is 0 Å². The van der Waals surface area contributed by atoms with Crippen molar-refractivity contribution in [3.05, 3.63) is 35.9 Å². The molecule has 1 aromatic carbocycles. The number of benzene rings is 1. The molecule has 0 aromatic heterocycles. The Morgan fingerprint density at radius 1 is 1.32 bits per heavy atom. The average Bonchev–Trinajstić information content (AvgIpc) is 2.37. The smallest absolute Gasteiger partial charge is 0.322 e. The molecule has 0 bridgehead atoms. The Bertz CT molecular complexity index is 497. The van der Waals surface area contributed by atoms with Crippen LogP contribution in [0.3, 0.4) is 0 Å². The van der Waals surface area contributed by atoms with Gasteiger partial charge in [0.1, 0.15) is 0 Å². The van der Waals surface area contributed by atoms with Crippen molar-refractivity contribution in [2.45, 2.75) is 18.1 Å². The second kappa shape index (κ2) is 7.55. The Balaban J connectivity index is 2.80. The van der Waals surface area contributed by atoms with E-state index in [0.717, 1.165) is 11.3 Å². The molecule has 1 rings (SSSR count). The van der Waals surface area contributed by atoms with Crippen LogP contribution in [0.4, 0.5) is 0 Å². The van der Waals surface area contributed by atoms with Crippen molar-refractivity contribution in [2.75, 3.05) is 17.8 Å². The molecule has 0 spiro atoms. The van der Waals surface area contributed by atoms with E-state index in [9.17, 15) is 13.2 Å². The molecule has 0 aliphatic heterocycles. The Morgan fingerprint density at radius 2 is 1.95 bits per heavy atom. The molecule has 0 saturated heterocycles. The number of carbonyl (C=O) groups is 1. The summed E-state index contributed by atoms with van der Waals surface area (Å²) in [5, 5.41) is 7.79. The summed E-state index contributed by atoms with van der Waals surface area (Å²) in [5.74, 6) is -0.623. The minimum absolute atomic E-state index is 0.0256. The first-order valence-electron chi connectivity index (χ1n) is 5.94. The van der Waals surface area contributed by atoms with Crippen molar-refractivity contribution in [3.63, 3.8) is 0 Å². The summed E-state index contributed by atoms with van der Waals surface area (Å²) < 4.78 is 24.1. The van der Waals surface area contributed by atoms with E-state index in [4.69, 9.17) is 5.11 Å². The summed E-state index contributed by atoms with van der Waals surface area (Å²) in [7, 11) is -3.60. The monoisotopic (exact) mass is 302 g/mol. The van der Waals surface area contributed by atoms with E-state index in [1.807, 2.05) is 12.3 Å². The molecule has 6 heteroatoms. The predicted octanol–water partition coefficient (Wildman–Crippen LogP) is 1.85. The fourth-order valence-corrected chi connectivity index (χ4v) is 3.94. The topological polar surface area (TPSA) is 71.4 Å². The molecule has 1 unspecified atom stereocenters. The fraction of sp³-hybridized carbons (Fsp3) is 0.462. The van der Waals surface area contributed by atoms with Gasteiger partial charge in [0.25, 0.3) is 0 Å². The molecule has 1 N–H and O–H groups in total. The molecule has 0 aliphatic rings. The minimum atomic E-state index is -3.60. The summed E-state index contributed by atoms with van der Waals surface area (Å²) in [6, 6.07) is 8.84. The molecule has 4 nitrogen and oxygen atoms in total. The zero-order valence-corrected chi connectivity index (χ0v) is 12.4. The van der Waals surface area contributed by atoms with Crippen LogP contribution in [-0.2, 0) is 21.1 Å². The SMILES string of the molecule is CSCCCS(=O)(=O)C(Cc1ccccc1)C(=O)O. The molecule has 0 aliphatic carbocycles. The summed E-state index contributed by atoms with van der Waals surface area (Å²) in [6.07, 6.45) is 2.41. The molecule has 0 heterocycles. The first-order chi connectivity index (χ1) is 8.97. The van der Waals surface area contributed by atoms with Gasteiger partial charge in [0.15, 0.2) is 15.1 Å². The van der Waals surface area contributed by atoms with Crippen molar-refractivity contribution in [2.24, 2.45) is 0 Å². The van der Waals surface area contributed by atoms with Crippen molar-refractivity contribution in [1.82, 2.24) is 0 Å². The Morgan fingerprint density at radius 3 is 2.47 bits per heavy atom. The molecule has 0 saturated carbocycles. The molecule has 0 radical (unpaired) electrons. The van der Waals surface area contributed by atoms with Gasteiger partial charge in [-0.25, -0.2) is 8.42 Å². The standard InChI is InChI=1S/C13H18O4S2/c1-18-8-5-9-19(16,17)12(13(14)15)10-11-6-3-2-4-7-11/h2-4,6-7,12H,5,8-10H2,1H3,(H,14,15). The van der Waals surface area contributed by atoms with E-state index in [1.54, 1.807) is 36.0 Å². The minimum Gasteiger partial charge on any atom is -0.480 e. The highest BCUT2D eigenvalue weighted by Gasteiger charge is 2.31. The number of aliphatic carboxylic acids is 1. The predicted molar refractivity (Wildman–Crippen MR) is 78.4 cm³/mol. The lowest BCUT2D eigenvalue weighted by Gasteiger charge is -2.13. The van der Waals surface area contributed by atoms with E-state index in [-0.39, 0.29) is 12.2 Å². The van der Waals surface area contributed by atoms with E-state index < -0.39 is 21.1 Å². The first kappa shape index (κ1) is 16.0. The maximum atomic E-state index is 12.1. The van der Waals surface area contributed by atoms with E-state index in [0.29, 0.717) is 6.42 Å². The summed E-state index contributed by atoms with van der Waals surface area (Å²) >= 11 is 1.55. The number of rotatable bonds is 8. The van der Waals surface area contributed by atoms with Gasteiger partial charge in [0.05, 0.1) is 5.75 Å². The Labute approximate surface area is 118 Å². The van der Waals surface area contributed by atoms with E-state index in [1.165, 1.54) is 0 Å². The van der Waals surface area contributed by atoms with Gasteiger partial charge in [-0.05, 0) is 30.4 Å². The average molecular weight is 302 g/mol. The maximum absolute atomic E-state index is 12.1. The van der Waals surface area contributed by atoms with E-state index in [2.05, 4.69) is 0 Å². The molecule has 1 atom stereocenters. The van der Waals surface area contributed by atoms with Gasteiger partial charge in [-0.15, -0.1) is 0 Å². The zero-order chi connectivity index (χ0) is 14.3. The van der Waals surface area contributed by atoms with Gasteiger partial charge >= 0.3 is 5.97 Å². The van der Waals surface area contributed by atoms with Crippen LogP contribution < -0.4 is 0 Å². The third-order valence-electron chi connectivity index (χ3n) is 2.75. The van der Waals surface area contributed by atoms with Gasteiger partial charge < -0.3 is 5.11 Å². The highest BCUT2D eigenvalue weighted by Crippen LogP contribution is 2.13. The fourth-order valence-electron chi connectivity index (χ4n) is 1.74. The van der Waals surface area contributed by atoms with Crippen LogP contribution in [-0.4, -0.2) is 42.5 Å². The Hall–Kier alpha value is -1.01. The quantitative estimate of drug-likeness (QED) is 0.742. The largest absolute Gasteiger partial charge is 0.480 e. The van der Waals surface area contributed by atoms with Crippen LogP contribution in [0, 0.1) is 0 Å². The molecule has 1 aromatic rings. The molecule has 19 heavy (non-hydrogen) atoms. The molecule has 0 amide bonds. The van der Waals surface area contributed by atoms with Crippen LogP contribution >= 0.6 is 11.8 Å². The third kappa shape index (κ3) is 5.24. The summed E-state index contributed by atoms with van der Waals surface area (Å²) in [5.41, 5.74) is 0.725. The number of carboxylic acids is 1. The number of thioether (sulfide) groups is 1. The van der Waals surface area contributed by atoms with Crippen molar-refractivity contribution in [1.29, 1.82) is 0 Å². The van der Waals surface area contributed by atoms with Gasteiger partial charge in [-0.1, -0.05) is 30.3 Å². The molecular weight excluding hydrogens is 284 g/mol. The highest BCUT2D eigenvalue weighted by atomic mass is 32.2. The van der Waals surface area contributed by atoms with E-state index >= 15 is 0 Å². The van der Waals surface area contributed by atoms with Gasteiger partial charge in [-0.3, -0.25) is 4.79 Å². The highest BCUT2D eigenvalue weighted by molar-refractivity contribution is 7.98. The summed E-state index contributed by atoms with van der Waals surface area (Å²) in [6.45, 7) is 0. The van der Waals surface area contributed by atoms with Crippen LogP contribution in [0.15, 0.2) is 30.3 Å². The van der Waals surface area contributed by atoms with Crippen LogP contribution in [0.5, 0.6) is 0 Å². The van der Waals surface area contributed by atoms with Crippen molar-refractivity contribution in [3.8, 4) is 0 Å². The van der Waals surface area contributed by atoms with Crippen LogP contribution in [0.1, 0.15) is 12.0 Å². The second-order valence-electron chi connectivity index (χ2n) is 4.23. The van der Waals surface area contributed by atoms with Crippen molar-refractivity contribution < 1.29 is 18.3 Å². The lowest BCUT2D eigenvalue weighted by molar-refractivity contribution is -0.136.